The Balaban J connectivity index is 1.82. The summed E-state index contributed by atoms with van der Waals surface area (Å²) < 4.78 is 6.18. The zero-order valence-electron chi connectivity index (χ0n) is 15.2. The van der Waals surface area contributed by atoms with Crippen LogP contribution in [0.3, 0.4) is 0 Å². The number of β-lactam (4-membered cyclic amide) rings is 1. The SMILES string of the molecule is CC(C)(C)[Si](C)(C)OCC[C@@H]1C(=O)N[C@H]1C#CSc1ccccc1. The Morgan fingerprint density at radius 3 is 2.50 bits per heavy atom. The largest absolute Gasteiger partial charge is 0.417 e. The van der Waals surface area contributed by atoms with Crippen molar-refractivity contribution in [2.75, 3.05) is 6.61 Å². The molecule has 3 nitrogen and oxygen atoms in total. The molecular formula is C19H27NO2SSi. The van der Waals surface area contributed by atoms with E-state index >= 15 is 0 Å². The van der Waals surface area contributed by atoms with Crippen molar-refractivity contribution < 1.29 is 9.22 Å². The molecule has 1 saturated heterocycles. The lowest BCUT2D eigenvalue weighted by molar-refractivity contribution is -0.133. The minimum atomic E-state index is -1.75. The van der Waals surface area contributed by atoms with Crippen molar-refractivity contribution in [2.24, 2.45) is 5.92 Å². The third kappa shape index (κ3) is 4.89. The Kier molecular flexibility index (Phi) is 6.19. The first kappa shape index (κ1) is 19.1. The molecule has 130 valence electrons. The highest BCUT2D eigenvalue weighted by atomic mass is 32.2. The number of thioether (sulfide) groups is 1. The van der Waals surface area contributed by atoms with Crippen LogP contribution in [0.5, 0.6) is 0 Å². The van der Waals surface area contributed by atoms with E-state index in [2.05, 4.69) is 50.4 Å². The van der Waals surface area contributed by atoms with Crippen LogP contribution in [-0.4, -0.2) is 26.9 Å². The van der Waals surface area contributed by atoms with Gasteiger partial charge in [-0.1, -0.05) is 44.9 Å². The van der Waals surface area contributed by atoms with E-state index in [9.17, 15) is 4.79 Å². The molecule has 1 N–H and O–H groups in total. The van der Waals surface area contributed by atoms with Gasteiger partial charge in [-0.25, -0.2) is 0 Å². The van der Waals surface area contributed by atoms with Crippen LogP contribution in [0.4, 0.5) is 0 Å². The van der Waals surface area contributed by atoms with Gasteiger partial charge in [-0.15, -0.1) is 0 Å². The summed E-state index contributed by atoms with van der Waals surface area (Å²) in [6.07, 6.45) is 0.744. The van der Waals surface area contributed by atoms with Crippen LogP contribution in [-0.2, 0) is 9.22 Å². The maximum atomic E-state index is 11.8. The standard InChI is InChI=1S/C19H27NO2SSi/c1-19(2,3)24(4,5)22-13-11-16-17(20-18(16)21)12-14-23-15-9-7-6-8-10-15/h6-10,16-17H,11,13H2,1-5H3,(H,20,21)/t16-,17-/m0/s1. The van der Waals surface area contributed by atoms with Crippen molar-refractivity contribution in [3.63, 3.8) is 0 Å². The average Bonchev–Trinajstić information content (AvgIpc) is 2.50. The van der Waals surface area contributed by atoms with Gasteiger partial charge in [0, 0.05) is 11.5 Å². The molecular weight excluding hydrogens is 334 g/mol. The van der Waals surface area contributed by atoms with Crippen molar-refractivity contribution in [1.82, 2.24) is 5.32 Å². The molecule has 2 atom stereocenters. The van der Waals surface area contributed by atoms with Crippen LogP contribution in [0.25, 0.3) is 0 Å². The molecule has 1 fully saturated rings. The summed E-state index contributed by atoms with van der Waals surface area (Å²) in [5, 5.41) is 6.19. The molecule has 0 aliphatic carbocycles. The number of hydrogen-bond donors (Lipinski definition) is 1. The number of hydrogen-bond acceptors (Lipinski definition) is 3. The van der Waals surface area contributed by atoms with Gasteiger partial charge in [-0.3, -0.25) is 4.79 Å². The van der Waals surface area contributed by atoms with Crippen LogP contribution in [0.2, 0.25) is 18.1 Å². The van der Waals surface area contributed by atoms with E-state index in [1.807, 2.05) is 30.3 Å². The number of nitrogens with one attached hydrogen (secondary N) is 1. The zero-order valence-corrected chi connectivity index (χ0v) is 17.0. The fraction of sp³-hybridized carbons (Fsp3) is 0.526. The molecule has 0 saturated carbocycles. The second kappa shape index (κ2) is 7.77. The van der Waals surface area contributed by atoms with Gasteiger partial charge in [0.1, 0.15) is 6.04 Å². The fourth-order valence-electron chi connectivity index (χ4n) is 2.15. The van der Waals surface area contributed by atoms with Crippen LogP contribution in [0.1, 0.15) is 27.2 Å². The Morgan fingerprint density at radius 2 is 1.92 bits per heavy atom. The van der Waals surface area contributed by atoms with E-state index in [1.165, 1.54) is 11.8 Å². The third-order valence-electron chi connectivity index (χ3n) is 4.86. The van der Waals surface area contributed by atoms with E-state index in [0.29, 0.717) is 6.61 Å². The van der Waals surface area contributed by atoms with Gasteiger partial charge in [0.15, 0.2) is 8.32 Å². The van der Waals surface area contributed by atoms with Gasteiger partial charge < -0.3 is 9.74 Å². The molecule has 1 aromatic carbocycles. The van der Waals surface area contributed by atoms with Gasteiger partial charge >= 0.3 is 0 Å². The minimum Gasteiger partial charge on any atom is -0.417 e. The fourth-order valence-corrected chi connectivity index (χ4v) is 3.81. The molecule has 0 unspecified atom stereocenters. The predicted molar refractivity (Wildman–Crippen MR) is 103 cm³/mol. The van der Waals surface area contributed by atoms with Crippen molar-refractivity contribution in [3.05, 3.63) is 30.3 Å². The highest BCUT2D eigenvalue weighted by molar-refractivity contribution is 8.03. The molecule has 1 amide bonds. The molecule has 0 bridgehead atoms. The molecule has 1 aliphatic rings. The Bertz CT molecular complexity index is 628. The summed E-state index contributed by atoms with van der Waals surface area (Å²) >= 11 is 1.50. The van der Waals surface area contributed by atoms with Crippen LogP contribution >= 0.6 is 11.8 Å². The summed E-state index contributed by atoms with van der Waals surface area (Å²) in [6, 6.07) is 10.00. The number of rotatable bonds is 5. The van der Waals surface area contributed by atoms with Gasteiger partial charge in [0.2, 0.25) is 5.91 Å². The molecule has 1 heterocycles. The Morgan fingerprint density at radius 1 is 1.25 bits per heavy atom. The lowest BCUT2D eigenvalue weighted by Gasteiger charge is -2.38. The smallest absolute Gasteiger partial charge is 0.227 e. The first-order valence-corrected chi connectivity index (χ1v) is 12.1. The maximum Gasteiger partial charge on any atom is 0.227 e. The molecule has 24 heavy (non-hydrogen) atoms. The van der Waals surface area contributed by atoms with E-state index in [1.54, 1.807) is 0 Å². The number of amides is 1. The summed E-state index contributed by atoms with van der Waals surface area (Å²) in [5.41, 5.74) is 0. The maximum absolute atomic E-state index is 11.8. The third-order valence-corrected chi connectivity index (χ3v) is 10.1. The summed E-state index contributed by atoms with van der Waals surface area (Å²) in [5.74, 6) is 3.22. The quantitative estimate of drug-likeness (QED) is 0.368. The van der Waals surface area contributed by atoms with Crippen LogP contribution < -0.4 is 5.32 Å². The molecule has 0 spiro atoms. The highest BCUT2D eigenvalue weighted by Crippen LogP contribution is 2.36. The van der Waals surface area contributed by atoms with Gasteiger partial charge in [0.05, 0.1) is 5.92 Å². The second-order valence-electron chi connectivity index (χ2n) is 7.65. The van der Waals surface area contributed by atoms with Crippen molar-refractivity contribution in [2.45, 2.75) is 56.3 Å². The van der Waals surface area contributed by atoms with Crippen molar-refractivity contribution in [1.29, 1.82) is 0 Å². The van der Waals surface area contributed by atoms with Gasteiger partial charge in [-0.2, -0.15) is 0 Å². The molecule has 0 radical (unpaired) electrons. The minimum absolute atomic E-state index is 0.0429. The number of benzene rings is 1. The van der Waals surface area contributed by atoms with Crippen molar-refractivity contribution >= 4 is 26.0 Å². The number of carbonyl (C=O) groups excluding carboxylic acids is 1. The molecule has 1 aliphatic heterocycles. The molecule has 1 aromatic rings. The average molecular weight is 362 g/mol. The van der Waals surface area contributed by atoms with Crippen LogP contribution in [0, 0.1) is 17.1 Å². The Labute approximate surface area is 151 Å². The monoisotopic (exact) mass is 361 g/mol. The lowest BCUT2D eigenvalue weighted by Crippen LogP contribution is -2.57. The second-order valence-corrected chi connectivity index (χ2v) is 13.3. The van der Waals surface area contributed by atoms with E-state index in [0.717, 1.165) is 11.3 Å². The first-order chi connectivity index (χ1) is 11.2. The first-order valence-electron chi connectivity index (χ1n) is 8.37. The molecule has 2 rings (SSSR count). The number of carbonyl (C=O) groups is 1. The zero-order chi connectivity index (χ0) is 17.8. The van der Waals surface area contributed by atoms with E-state index < -0.39 is 8.32 Å². The summed E-state index contributed by atoms with van der Waals surface area (Å²) in [6.45, 7) is 11.8. The van der Waals surface area contributed by atoms with E-state index in [4.69, 9.17) is 4.43 Å². The topological polar surface area (TPSA) is 38.3 Å². The van der Waals surface area contributed by atoms with Crippen molar-refractivity contribution in [3.8, 4) is 11.2 Å². The predicted octanol–water partition coefficient (Wildman–Crippen LogP) is 4.27. The van der Waals surface area contributed by atoms with Gasteiger partial charge in [-0.05, 0) is 53.7 Å². The van der Waals surface area contributed by atoms with E-state index in [-0.39, 0.29) is 22.9 Å². The molecule has 5 heteroatoms. The normalized spacial score (nSPS) is 20.6. The van der Waals surface area contributed by atoms with Crippen LogP contribution in [0.15, 0.2) is 35.2 Å². The van der Waals surface area contributed by atoms with Gasteiger partial charge in [0.25, 0.3) is 0 Å². The lowest BCUT2D eigenvalue weighted by atomic mass is 9.88. The summed E-state index contributed by atoms with van der Waals surface area (Å²) in [7, 11) is -1.75. The summed E-state index contributed by atoms with van der Waals surface area (Å²) in [4.78, 5) is 12.9. The molecule has 0 aromatic heterocycles. The Hall–Kier alpha value is -1.22. The highest BCUT2D eigenvalue weighted by Gasteiger charge is 2.40.